The number of sulfonamides is 1. The predicted molar refractivity (Wildman–Crippen MR) is 116 cm³/mol. The molecule has 30 heavy (non-hydrogen) atoms. The first kappa shape index (κ1) is 24.3. The molecule has 1 unspecified atom stereocenters. The zero-order chi connectivity index (χ0) is 22.1. The van der Waals surface area contributed by atoms with Gasteiger partial charge in [0.15, 0.2) is 0 Å². The number of hydrogen-bond acceptors (Lipinski definition) is 5. The lowest BCUT2D eigenvalue weighted by Gasteiger charge is -2.33. The van der Waals surface area contributed by atoms with Gasteiger partial charge >= 0.3 is 0 Å². The van der Waals surface area contributed by atoms with Crippen molar-refractivity contribution >= 4 is 21.8 Å². The van der Waals surface area contributed by atoms with Crippen LogP contribution in [-0.4, -0.2) is 76.3 Å². The molecule has 2 amide bonds. The van der Waals surface area contributed by atoms with Gasteiger partial charge in [0.25, 0.3) is 0 Å². The molecule has 8 nitrogen and oxygen atoms in total. The monoisotopic (exact) mass is 438 g/mol. The number of likely N-dealkylation sites (N-methyl/N-ethyl adjacent to an activating group) is 1. The predicted octanol–water partition coefficient (Wildman–Crippen LogP) is 0.970. The second-order valence-corrected chi connectivity index (χ2v) is 9.78. The van der Waals surface area contributed by atoms with Gasteiger partial charge in [-0.15, -0.1) is 0 Å². The third-order valence-electron chi connectivity index (χ3n) is 5.23. The molecule has 1 aliphatic heterocycles. The Morgan fingerprint density at radius 1 is 1.23 bits per heavy atom. The van der Waals surface area contributed by atoms with Crippen molar-refractivity contribution in [2.75, 3.05) is 46.3 Å². The maximum absolute atomic E-state index is 12.5. The highest BCUT2D eigenvalue weighted by molar-refractivity contribution is 7.89. The van der Waals surface area contributed by atoms with Crippen LogP contribution in [0.4, 0.5) is 0 Å². The number of aryl methyl sites for hydroxylation is 1. The SMILES string of the molecule is CCCNC(=O)CN(C)C(=O)CN1CCCC(CNS(=O)(=O)c2ccc(C)cc2)C1. The second-order valence-electron chi connectivity index (χ2n) is 8.01. The summed E-state index contributed by atoms with van der Waals surface area (Å²) in [7, 11) is -1.91. The first-order valence-electron chi connectivity index (χ1n) is 10.5. The van der Waals surface area contributed by atoms with Crippen molar-refractivity contribution in [1.29, 1.82) is 0 Å². The number of carbonyl (C=O) groups is 2. The fourth-order valence-electron chi connectivity index (χ4n) is 3.43. The van der Waals surface area contributed by atoms with Gasteiger partial charge in [-0.05, 0) is 50.8 Å². The van der Waals surface area contributed by atoms with Gasteiger partial charge in [-0.2, -0.15) is 0 Å². The number of rotatable bonds is 10. The molecule has 1 aliphatic rings. The van der Waals surface area contributed by atoms with Gasteiger partial charge < -0.3 is 10.2 Å². The van der Waals surface area contributed by atoms with E-state index in [-0.39, 0.29) is 35.7 Å². The minimum Gasteiger partial charge on any atom is -0.355 e. The molecule has 0 radical (unpaired) electrons. The number of carbonyl (C=O) groups excluding carboxylic acids is 2. The van der Waals surface area contributed by atoms with E-state index in [1.807, 2.05) is 18.7 Å². The van der Waals surface area contributed by atoms with E-state index in [9.17, 15) is 18.0 Å². The summed E-state index contributed by atoms with van der Waals surface area (Å²) >= 11 is 0. The van der Waals surface area contributed by atoms with Gasteiger partial charge in [0, 0.05) is 26.7 Å². The second kappa shape index (κ2) is 11.4. The highest BCUT2D eigenvalue weighted by Gasteiger charge is 2.25. The molecule has 2 rings (SSSR count). The third kappa shape index (κ3) is 7.70. The number of hydrogen-bond donors (Lipinski definition) is 2. The molecule has 0 bridgehead atoms. The van der Waals surface area contributed by atoms with Crippen LogP contribution in [-0.2, 0) is 19.6 Å². The van der Waals surface area contributed by atoms with Crippen LogP contribution in [0.3, 0.4) is 0 Å². The van der Waals surface area contributed by atoms with E-state index in [1.165, 1.54) is 4.90 Å². The van der Waals surface area contributed by atoms with Crippen LogP contribution in [0.2, 0.25) is 0 Å². The minimum absolute atomic E-state index is 0.0481. The Hall–Kier alpha value is -1.97. The Bertz CT molecular complexity index is 811. The quantitative estimate of drug-likeness (QED) is 0.567. The highest BCUT2D eigenvalue weighted by Crippen LogP contribution is 2.17. The number of benzene rings is 1. The lowest BCUT2D eigenvalue weighted by Crippen LogP contribution is -2.47. The first-order valence-corrected chi connectivity index (χ1v) is 12.0. The van der Waals surface area contributed by atoms with Gasteiger partial charge in [0.05, 0.1) is 18.0 Å². The standard InChI is InChI=1S/C21H34N4O4S/c1-4-11-22-20(26)15-24(3)21(27)16-25-12-5-6-18(14-25)13-23-30(28,29)19-9-7-17(2)8-10-19/h7-10,18,23H,4-6,11-16H2,1-3H3,(H,22,26). The zero-order valence-corrected chi connectivity index (χ0v) is 19.0. The molecule has 0 saturated carbocycles. The first-order chi connectivity index (χ1) is 14.2. The van der Waals surface area contributed by atoms with Crippen LogP contribution in [0.5, 0.6) is 0 Å². The fourth-order valence-corrected chi connectivity index (χ4v) is 4.54. The Morgan fingerprint density at radius 3 is 2.60 bits per heavy atom. The van der Waals surface area contributed by atoms with Crippen molar-refractivity contribution in [2.45, 2.75) is 38.0 Å². The average Bonchev–Trinajstić information content (AvgIpc) is 2.71. The summed E-state index contributed by atoms with van der Waals surface area (Å²) in [6, 6.07) is 6.77. The van der Waals surface area contributed by atoms with Crippen molar-refractivity contribution in [3.8, 4) is 0 Å². The van der Waals surface area contributed by atoms with Gasteiger partial charge in [-0.25, -0.2) is 13.1 Å². The average molecular weight is 439 g/mol. The van der Waals surface area contributed by atoms with Crippen LogP contribution >= 0.6 is 0 Å². The molecule has 9 heteroatoms. The van der Waals surface area contributed by atoms with Gasteiger partial charge in [0.1, 0.15) is 0 Å². The van der Waals surface area contributed by atoms with Gasteiger partial charge in [-0.1, -0.05) is 24.6 Å². The summed E-state index contributed by atoms with van der Waals surface area (Å²) < 4.78 is 27.7. The summed E-state index contributed by atoms with van der Waals surface area (Å²) in [4.78, 5) is 28.0. The molecule has 0 aliphatic carbocycles. The van der Waals surface area contributed by atoms with Crippen molar-refractivity contribution in [3.63, 3.8) is 0 Å². The van der Waals surface area contributed by atoms with Crippen LogP contribution in [0.25, 0.3) is 0 Å². The molecule has 1 heterocycles. The summed E-state index contributed by atoms with van der Waals surface area (Å²) in [5.74, 6) is -0.123. The highest BCUT2D eigenvalue weighted by atomic mass is 32.2. The molecule has 1 saturated heterocycles. The van der Waals surface area contributed by atoms with E-state index >= 15 is 0 Å². The smallest absolute Gasteiger partial charge is 0.240 e. The number of nitrogens with one attached hydrogen (secondary N) is 2. The maximum Gasteiger partial charge on any atom is 0.240 e. The Morgan fingerprint density at radius 2 is 1.93 bits per heavy atom. The summed E-state index contributed by atoms with van der Waals surface area (Å²) in [6.45, 7) is 6.56. The number of piperidine rings is 1. The zero-order valence-electron chi connectivity index (χ0n) is 18.2. The van der Waals surface area contributed by atoms with Crippen LogP contribution in [0.15, 0.2) is 29.2 Å². The molecule has 1 aromatic rings. The van der Waals surface area contributed by atoms with Crippen molar-refractivity contribution in [3.05, 3.63) is 29.8 Å². The third-order valence-corrected chi connectivity index (χ3v) is 6.67. The molecular formula is C21H34N4O4S. The van der Waals surface area contributed by atoms with E-state index < -0.39 is 10.0 Å². The van der Waals surface area contributed by atoms with Crippen LogP contribution < -0.4 is 10.0 Å². The van der Waals surface area contributed by atoms with Crippen molar-refractivity contribution in [2.24, 2.45) is 5.92 Å². The summed E-state index contributed by atoms with van der Waals surface area (Å²) in [5, 5.41) is 2.76. The molecule has 1 atom stereocenters. The molecule has 1 aromatic carbocycles. The summed E-state index contributed by atoms with van der Waals surface area (Å²) in [5.41, 5.74) is 1.01. The van der Waals surface area contributed by atoms with E-state index in [4.69, 9.17) is 0 Å². The van der Waals surface area contributed by atoms with Crippen LogP contribution in [0, 0.1) is 12.8 Å². The number of nitrogens with zero attached hydrogens (tertiary/aromatic N) is 2. The number of amides is 2. The van der Waals surface area contributed by atoms with E-state index in [0.717, 1.165) is 31.4 Å². The van der Waals surface area contributed by atoms with Crippen molar-refractivity contribution < 1.29 is 18.0 Å². The van der Waals surface area contributed by atoms with Crippen LogP contribution in [0.1, 0.15) is 31.7 Å². The van der Waals surface area contributed by atoms with E-state index in [2.05, 4.69) is 10.0 Å². The topological polar surface area (TPSA) is 98.8 Å². The van der Waals surface area contributed by atoms with Crippen molar-refractivity contribution in [1.82, 2.24) is 19.8 Å². The Kier molecular flexibility index (Phi) is 9.26. The molecule has 2 N–H and O–H groups in total. The van der Waals surface area contributed by atoms with Gasteiger partial charge in [0.2, 0.25) is 21.8 Å². The fraction of sp³-hybridized carbons (Fsp3) is 0.619. The summed E-state index contributed by atoms with van der Waals surface area (Å²) in [6.07, 6.45) is 2.67. The Balaban J connectivity index is 1.81. The molecule has 168 valence electrons. The lowest BCUT2D eigenvalue weighted by molar-refractivity contribution is -0.135. The molecule has 1 fully saturated rings. The molecule has 0 spiro atoms. The number of likely N-dealkylation sites (tertiary alicyclic amines) is 1. The largest absolute Gasteiger partial charge is 0.355 e. The van der Waals surface area contributed by atoms with Gasteiger partial charge in [-0.3, -0.25) is 14.5 Å². The molecule has 0 aromatic heterocycles. The minimum atomic E-state index is -3.54. The molecular weight excluding hydrogens is 404 g/mol. The normalized spacial score (nSPS) is 17.5. The Labute approximate surface area is 180 Å². The van der Waals surface area contributed by atoms with E-state index in [1.54, 1.807) is 31.3 Å². The maximum atomic E-state index is 12.5. The lowest BCUT2D eigenvalue weighted by atomic mass is 9.98. The van der Waals surface area contributed by atoms with E-state index in [0.29, 0.717) is 19.6 Å².